The molecule has 3 N–H and O–H groups in total. The van der Waals surface area contributed by atoms with E-state index in [4.69, 9.17) is 15.3 Å². The summed E-state index contributed by atoms with van der Waals surface area (Å²) in [5, 5.41) is 52.5. The summed E-state index contributed by atoms with van der Waals surface area (Å²) >= 11 is 0. The van der Waals surface area contributed by atoms with Crippen molar-refractivity contribution in [2.75, 3.05) is 0 Å². The zero-order valence-electron chi connectivity index (χ0n) is 12.1. The van der Waals surface area contributed by atoms with Crippen LogP contribution >= 0.6 is 0 Å². The molecule has 0 saturated carbocycles. The Kier molecular flexibility index (Phi) is 21.0. The van der Waals surface area contributed by atoms with E-state index in [0.29, 0.717) is 18.8 Å². The zero-order chi connectivity index (χ0) is 17.6. The minimum absolute atomic E-state index is 0. The Morgan fingerprint density at radius 1 is 0.636 bits per heavy atom. The first kappa shape index (κ1) is 27.8. The third kappa shape index (κ3) is 19.9. The molecule has 0 amide bonds. The van der Waals surface area contributed by atoms with Gasteiger partial charge in [0.1, 0.15) is 0 Å². The quantitative estimate of drug-likeness (QED) is 0.280. The van der Waals surface area contributed by atoms with Crippen LogP contribution in [0.4, 0.5) is 0 Å². The van der Waals surface area contributed by atoms with Crippen LogP contribution in [0, 0.1) is 0 Å². The van der Waals surface area contributed by atoms with Crippen molar-refractivity contribution in [3.05, 3.63) is 35.5 Å². The Morgan fingerprint density at radius 3 is 0.773 bits per heavy atom. The maximum absolute atomic E-state index is 9.59. The topological polar surface area (TPSA) is 181 Å². The number of aliphatic hydroxyl groups excluding tert-OH is 3. The van der Waals surface area contributed by atoms with E-state index >= 15 is 0 Å². The number of aliphatic carboxylic acids is 3. The van der Waals surface area contributed by atoms with Gasteiger partial charge >= 0.3 is 17.4 Å². The molecule has 0 aliphatic rings. The minimum atomic E-state index is -1.34. The van der Waals surface area contributed by atoms with Gasteiger partial charge in [0.25, 0.3) is 0 Å². The van der Waals surface area contributed by atoms with Gasteiger partial charge in [-0.05, 0) is 20.8 Å². The molecular weight excluding hydrogens is 315 g/mol. The van der Waals surface area contributed by atoms with Crippen molar-refractivity contribution < 1.29 is 45.0 Å². The predicted molar refractivity (Wildman–Crippen MR) is 69.9 cm³/mol. The van der Waals surface area contributed by atoms with Gasteiger partial charge < -0.3 is 45.0 Å². The molecule has 0 aromatic heterocycles. The van der Waals surface area contributed by atoms with E-state index in [1.54, 1.807) is 0 Å². The van der Waals surface area contributed by atoms with Crippen molar-refractivity contribution in [1.29, 1.82) is 0 Å². The van der Waals surface area contributed by atoms with Gasteiger partial charge in [-0.3, -0.25) is 0 Å². The molecule has 22 heavy (non-hydrogen) atoms. The number of hydrogen-bond acceptors (Lipinski definition) is 9. The fraction of sp³-hybridized carbons (Fsp3) is 0.250. The Labute approximate surface area is 137 Å². The molecule has 0 unspecified atom stereocenters. The normalized spacial score (nSPS) is 10.8. The predicted octanol–water partition coefficient (Wildman–Crippen LogP) is -2.79. The molecule has 0 heterocycles. The summed E-state index contributed by atoms with van der Waals surface area (Å²) in [6, 6.07) is 0. The largest absolute Gasteiger partial charge is 3.00 e. The molecule has 0 saturated heterocycles. The van der Waals surface area contributed by atoms with Crippen LogP contribution in [0.5, 0.6) is 0 Å². The van der Waals surface area contributed by atoms with Crippen LogP contribution in [0.25, 0.3) is 0 Å². The summed E-state index contributed by atoms with van der Waals surface area (Å²) in [5.74, 6) is -4.03. The number of carboxylic acids is 3. The molecule has 0 bridgehead atoms. The van der Waals surface area contributed by atoms with Gasteiger partial charge in [-0.1, -0.05) is 0 Å². The third-order valence-corrected chi connectivity index (χ3v) is 1.55. The molecule has 10 heteroatoms. The third-order valence-electron chi connectivity index (χ3n) is 1.55. The van der Waals surface area contributed by atoms with Crippen LogP contribution in [0.3, 0.4) is 0 Å². The smallest absolute Gasteiger partial charge is 0.545 e. The molecule has 0 aromatic carbocycles. The SMILES string of the molecule is CC(=CO)C(=O)[O-].CC(=CO)C(=O)[O-].CC(=CO)C(=O)[O-].[Al+3]. The van der Waals surface area contributed by atoms with E-state index < -0.39 is 17.9 Å². The van der Waals surface area contributed by atoms with Gasteiger partial charge in [-0.2, -0.15) is 0 Å². The molecule has 0 atom stereocenters. The number of carbonyl (C=O) groups excluding carboxylic acids is 3. The van der Waals surface area contributed by atoms with E-state index in [0.717, 1.165) is 0 Å². The van der Waals surface area contributed by atoms with Gasteiger partial charge in [-0.25, -0.2) is 0 Å². The average Bonchev–Trinajstić information content (AvgIpc) is 2.45. The number of aliphatic hydroxyl groups is 3. The van der Waals surface area contributed by atoms with E-state index in [1.807, 2.05) is 0 Å². The van der Waals surface area contributed by atoms with Crippen molar-refractivity contribution in [2.45, 2.75) is 20.8 Å². The van der Waals surface area contributed by atoms with Crippen molar-refractivity contribution in [2.24, 2.45) is 0 Å². The summed E-state index contributed by atoms with van der Waals surface area (Å²) in [5.41, 5.74) is -0.500. The molecule has 0 rings (SSSR count). The second-order valence-electron chi connectivity index (χ2n) is 3.30. The standard InChI is InChI=1S/3C4H6O3.Al/c3*1-3(2-5)4(6)7;/h3*2,5H,1H3,(H,6,7);/q;;;+3/p-3. The number of rotatable bonds is 3. The fourth-order valence-corrected chi connectivity index (χ4v) is 0.158. The number of hydrogen-bond donors (Lipinski definition) is 3. The summed E-state index contributed by atoms with van der Waals surface area (Å²) in [6.07, 6.45) is 1.49. The van der Waals surface area contributed by atoms with Crippen molar-refractivity contribution >= 4 is 35.3 Å². The van der Waals surface area contributed by atoms with Crippen molar-refractivity contribution in [3.63, 3.8) is 0 Å². The molecule has 0 aliphatic heterocycles. The van der Waals surface area contributed by atoms with Crippen LogP contribution in [0.2, 0.25) is 0 Å². The number of carbonyl (C=O) groups is 3. The molecule has 0 radical (unpaired) electrons. The summed E-state index contributed by atoms with van der Waals surface area (Å²) in [4.78, 5) is 28.8. The first-order chi connectivity index (χ1) is 9.54. The van der Waals surface area contributed by atoms with Gasteiger partial charge in [-0.15, -0.1) is 0 Å². The van der Waals surface area contributed by atoms with Crippen LogP contribution < -0.4 is 15.3 Å². The number of carboxylic acid groups (broad SMARTS) is 3. The Balaban J connectivity index is -0.000000108. The van der Waals surface area contributed by atoms with Crippen molar-refractivity contribution in [1.82, 2.24) is 0 Å². The van der Waals surface area contributed by atoms with Gasteiger partial charge in [0.05, 0.1) is 36.7 Å². The molecule has 9 nitrogen and oxygen atoms in total. The summed E-state index contributed by atoms with van der Waals surface area (Å²) < 4.78 is 0. The molecule has 120 valence electrons. The molecule has 0 aliphatic carbocycles. The summed E-state index contributed by atoms with van der Waals surface area (Å²) in [7, 11) is 0. The maximum Gasteiger partial charge on any atom is 3.00 e. The minimum Gasteiger partial charge on any atom is -0.545 e. The Hall–Kier alpha value is -2.44. The molecular formula is C12H15AlO9. The van der Waals surface area contributed by atoms with Crippen LogP contribution in [0.1, 0.15) is 20.8 Å². The van der Waals surface area contributed by atoms with E-state index in [9.17, 15) is 29.7 Å². The zero-order valence-corrected chi connectivity index (χ0v) is 13.3. The van der Waals surface area contributed by atoms with E-state index in [2.05, 4.69) is 0 Å². The monoisotopic (exact) mass is 330 g/mol. The van der Waals surface area contributed by atoms with E-state index in [-0.39, 0.29) is 34.1 Å². The first-order valence-corrected chi connectivity index (χ1v) is 5.12. The van der Waals surface area contributed by atoms with Gasteiger partial charge in [0.2, 0.25) is 0 Å². The first-order valence-electron chi connectivity index (χ1n) is 5.12. The van der Waals surface area contributed by atoms with Gasteiger partial charge in [0, 0.05) is 16.7 Å². The molecule has 0 spiro atoms. The van der Waals surface area contributed by atoms with Gasteiger partial charge in [0.15, 0.2) is 0 Å². The molecule has 0 aromatic rings. The maximum atomic E-state index is 9.59. The van der Waals surface area contributed by atoms with Crippen LogP contribution in [-0.4, -0.2) is 50.6 Å². The average molecular weight is 330 g/mol. The van der Waals surface area contributed by atoms with Crippen LogP contribution in [0.15, 0.2) is 35.5 Å². The molecule has 0 fully saturated rings. The summed E-state index contributed by atoms with van der Waals surface area (Å²) in [6.45, 7) is 3.74. The Morgan fingerprint density at radius 2 is 0.773 bits per heavy atom. The second kappa shape index (κ2) is 16.6. The van der Waals surface area contributed by atoms with E-state index in [1.165, 1.54) is 20.8 Å². The van der Waals surface area contributed by atoms with Crippen molar-refractivity contribution in [3.8, 4) is 0 Å². The fourth-order valence-electron chi connectivity index (χ4n) is 0.158. The van der Waals surface area contributed by atoms with Crippen LogP contribution in [-0.2, 0) is 14.4 Å². The Bertz CT molecular complexity index is 383. The second-order valence-corrected chi connectivity index (χ2v) is 3.30.